The second-order valence-electron chi connectivity index (χ2n) is 4.83. The molecule has 1 aromatic carbocycles. The van der Waals surface area contributed by atoms with Crippen LogP contribution in [0.15, 0.2) is 22.5 Å². The Morgan fingerprint density at radius 3 is 3.26 bits per heavy atom. The van der Waals surface area contributed by atoms with E-state index in [4.69, 9.17) is 4.74 Å². The molecule has 1 unspecified atom stereocenters. The molecule has 0 radical (unpaired) electrons. The Bertz CT molecular complexity index is 549. The van der Waals surface area contributed by atoms with Crippen LogP contribution in [0.1, 0.15) is 12.8 Å². The van der Waals surface area contributed by atoms with Gasteiger partial charge in [0.25, 0.3) is 0 Å². The van der Waals surface area contributed by atoms with Crippen molar-refractivity contribution in [3.63, 3.8) is 0 Å². The van der Waals surface area contributed by atoms with Crippen LogP contribution in [0, 0.1) is 5.92 Å². The molecule has 2 aromatic rings. The van der Waals surface area contributed by atoms with E-state index < -0.39 is 0 Å². The first-order chi connectivity index (χ1) is 9.35. The molecule has 0 amide bonds. The lowest BCUT2D eigenvalue weighted by Crippen LogP contribution is -2.24. The maximum absolute atomic E-state index is 5.51. The van der Waals surface area contributed by atoms with Gasteiger partial charge >= 0.3 is 0 Å². The molecular formula is C14H18N2OS2. The maximum Gasteiger partial charge on any atom is 0.150 e. The average molecular weight is 294 g/mol. The Morgan fingerprint density at radius 1 is 1.53 bits per heavy atom. The molecule has 1 N–H and O–H groups in total. The van der Waals surface area contributed by atoms with E-state index in [9.17, 15) is 0 Å². The summed E-state index contributed by atoms with van der Waals surface area (Å²) in [6.45, 7) is 2.83. The van der Waals surface area contributed by atoms with Gasteiger partial charge < -0.3 is 10.1 Å². The molecule has 102 valence electrons. The summed E-state index contributed by atoms with van der Waals surface area (Å²) in [6, 6.07) is 6.43. The number of thiazole rings is 1. The lowest BCUT2D eigenvalue weighted by molar-refractivity contribution is 0.0595. The van der Waals surface area contributed by atoms with Crippen molar-refractivity contribution in [3.8, 4) is 0 Å². The second-order valence-corrected chi connectivity index (χ2v) is 6.91. The minimum atomic E-state index is 0.646. The van der Waals surface area contributed by atoms with Crippen molar-refractivity contribution < 1.29 is 4.74 Å². The molecule has 1 saturated heterocycles. The van der Waals surface area contributed by atoms with Crippen molar-refractivity contribution in [1.29, 1.82) is 0 Å². The minimum absolute atomic E-state index is 0.646. The molecule has 1 aliphatic rings. The first-order valence-corrected chi connectivity index (χ1v) is 8.65. The van der Waals surface area contributed by atoms with Crippen LogP contribution in [0.5, 0.6) is 0 Å². The maximum atomic E-state index is 5.51. The van der Waals surface area contributed by atoms with Gasteiger partial charge in [0.15, 0.2) is 4.34 Å². The van der Waals surface area contributed by atoms with E-state index in [2.05, 4.69) is 34.8 Å². The van der Waals surface area contributed by atoms with Gasteiger partial charge in [-0.15, -0.1) is 11.3 Å². The van der Waals surface area contributed by atoms with Crippen LogP contribution in [0.3, 0.4) is 0 Å². The molecule has 3 rings (SSSR count). The predicted octanol–water partition coefficient (Wildman–Crippen LogP) is 3.86. The Labute approximate surface area is 121 Å². The van der Waals surface area contributed by atoms with Gasteiger partial charge in [-0.1, -0.05) is 11.8 Å². The van der Waals surface area contributed by atoms with Crippen LogP contribution in [0.4, 0.5) is 5.69 Å². The molecule has 0 saturated carbocycles. The van der Waals surface area contributed by atoms with E-state index in [0.717, 1.165) is 29.6 Å². The SMILES string of the molecule is CSc1nc2ccc(NCC3CCCOC3)cc2s1. The van der Waals surface area contributed by atoms with Crippen LogP contribution < -0.4 is 5.32 Å². The fraction of sp³-hybridized carbons (Fsp3) is 0.500. The largest absolute Gasteiger partial charge is 0.385 e. The van der Waals surface area contributed by atoms with E-state index >= 15 is 0 Å². The van der Waals surface area contributed by atoms with Gasteiger partial charge in [0.05, 0.1) is 16.8 Å². The van der Waals surface area contributed by atoms with Gasteiger partial charge in [-0.05, 0) is 43.2 Å². The van der Waals surface area contributed by atoms with Crippen molar-refractivity contribution in [2.24, 2.45) is 5.92 Å². The summed E-state index contributed by atoms with van der Waals surface area (Å²) in [5, 5.41) is 3.53. The third-order valence-corrected chi connectivity index (χ3v) is 5.40. The van der Waals surface area contributed by atoms with E-state index in [1.54, 1.807) is 23.1 Å². The zero-order chi connectivity index (χ0) is 13.1. The normalized spacial score (nSPS) is 19.7. The molecule has 3 nitrogen and oxygen atoms in total. The number of hydrogen-bond donors (Lipinski definition) is 1. The summed E-state index contributed by atoms with van der Waals surface area (Å²) in [5.74, 6) is 0.646. The van der Waals surface area contributed by atoms with Crippen LogP contribution in [-0.2, 0) is 4.74 Å². The summed E-state index contributed by atoms with van der Waals surface area (Å²) in [7, 11) is 0. The van der Waals surface area contributed by atoms with E-state index in [-0.39, 0.29) is 0 Å². The molecule has 0 aliphatic carbocycles. The van der Waals surface area contributed by atoms with Crippen molar-refractivity contribution >= 4 is 39.0 Å². The van der Waals surface area contributed by atoms with Crippen LogP contribution >= 0.6 is 23.1 Å². The van der Waals surface area contributed by atoms with Crippen molar-refractivity contribution in [3.05, 3.63) is 18.2 Å². The zero-order valence-electron chi connectivity index (χ0n) is 11.0. The van der Waals surface area contributed by atoms with Crippen molar-refractivity contribution in [1.82, 2.24) is 4.98 Å². The predicted molar refractivity (Wildman–Crippen MR) is 83.4 cm³/mol. The summed E-state index contributed by atoms with van der Waals surface area (Å²) >= 11 is 3.47. The number of benzene rings is 1. The average Bonchev–Trinajstić information content (AvgIpc) is 2.88. The summed E-state index contributed by atoms with van der Waals surface area (Å²) < 4.78 is 7.90. The van der Waals surface area contributed by atoms with Gasteiger partial charge in [0.1, 0.15) is 0 Å². The molecule has 2 heterocycles. The van der Waals surface area contributed by atoms with Gasteiger partial charge in [-0.25, -0.2) is 4.98 Å². The number of anilines is 1. The molecule has 1 aromatic heterocycles. The van der Waals surface area contributed by atoms with Gasteiger partial charge in [0, 0.05) is 18.8 Å². The fourth-order valence-electron chi connectivity index (χ4n) is 2.33. The highest BCUT2D eigenvalue weighted by Gasteiger charge is 2.13. The van der Waals surface area contributed by atoms with Crippen LogP contribution in [0.25, 0.3) is 10.2 Å². The van der Waals surface area contributed by atoms with Crippen molar-refractivity contribution in [2.45, 2.75) is 17.2 Å². The Morgan fingerprint density at radius 2 is 2.47 bits per heavy atom. The summed E-state index contributed by atoms with van der Waals surface area (Å²) in [6.07, 6.45) is 4.53. The number of ether oxygens (including phenoxy) is 1. The number of fused-ring (bicyclic) bond motifs is 1. The summed E-state index contributed by atoms with van der Waals surface area (Å²) in [4.78, 5) is 4.56. The highest BCUT2D eigenvalue weighted by Crippen LogP contribution is 2.30. The second kappa shape index (κ2) is 6.11. The fourth-order valence-corrected chi connectivity index (χ4v) is 3.86. The quantitative estimate of drug-likeness (QED) is 0.868. The first kappa shape index (κ1) is 13.2. The zero-order valence-corrected chi connectivity index (χ0v) is 12.6. The lowest BCUT2D eigenvalue weighted by atomic mass is 10.0. The monoisotopic (exact) mass is 294 g/mol. The molecule has 1 fully saturated rings. The van der Waals surface area contributed by atoms with E-state index in [1.165, 1.54) is 23.2 Å². The third-order valence-electron chi connectivity index (χ3n) is 3.39. The van der Waals surface area contributed by atoms with Gasteiger partial charge in [0.2, 0.25) is 0 Å². The third kappa shape index (κ3) is 3.22. The molecule has 5 heteroatoms. The first-order valence-electron chi connectivity index (χ1n) is 6.61. The number of aromatic nitrogens is 1. The Kier molecular flexibility index (Phi) is 4.25. The number of hydrogen-bond acceptors (Lipinski definition) is 5. The van der Waals surface area contributed by atoms with Crippen LogP contribution in [0.2, 0.25) is 0 Å². The molecule has 19 heavy (non-hydrogen) atoms. The lowest BCUT2D eigenvalue weighted by Gasteiger charge is -2.22. The Hall–Kier alpha value is -0.780. The molecular weight excluding hydrogens is 276 g/mol. The summed E-state index contributed by atoms with van der Waals surface area (Å²) in [5.41, 5.74) is 2.29. The van der Waals surface area contributed by atoms with Gasteiger partial charge in [-0.2, -0.15) is 0 Å². The molecule has 0 spiro atoms. The number of nitrogens with one attached hydrogen (secondary N) is 1. The molecule has 1 aliphatic heterocycles. The smallest absolute Gasteiger partial charge is 0.150 e. The minimum Gasteiger partial charge on any atom is -0.385 e. The highest BCUT2D eigenvalue weighted by molar-refractivity contribution is 8.00. The topological polar surface area (TPSA) is 34.2 Å². The molecule has 0 bridgehead atoms. The van der Waals surface area contributed by atoms with Crippen LogP contribution in [-0.4, -0.2) is 31.0 Å². The van der Waals surface area contributed by atoms with Crippen molar-refractivity contribution in [2.75, 3.05) is 31.3 Å². The van der Waals surface area contributed by atoms with E-state index in [0.29, 0.717) is 5.92 Å². The van der Waals surface area contributed by atoms with E-state index in [1.807, 2.05) is 0 Å². The molecule has 1 atom stereocenters. The number of rotatable bonds is 4. The highest BCUT2D eigenvalue weighted by atomic mass is 32.2. The van der Waals surface area contributed by atoms with Gasteiger partial charge in [-0.3, -0.25) is 0 Å². The number of thioether (sulfide) groups is 1. The standard InChI is InChI=1S/C14H18N2OS2/c1-18-14-16-12-5-4-11(7-13(12)19-14)15-8-10-3-2-6-17-9-10/h4-5,7,10,15H,2-3,6,8-9H2,1H3. The Balaban J connectivity index is 1.66. The number of nitrogens with zero attached hydrogens (tertiary/aromatic N) is 1.